The highest BCUT2D eigenvalue weighted by molar-refractivity contribution is 7.12. The third-order valence-electron chi connectivity index (χ3n) is 2.76. The van der Waals surface area contributed by atoms with Crippen LogP contribution in [0.1, 0.15) is 26.9 Å². The Morgan fingerprint density at radius 3 is 2.59 bits per heavy atom. The quantitative estimate of drug-likeness (QED) is 0.649. The maximum atomic E-state index is 13.3. The van der Waals surface area contributed by atoms with Crippen LogP contribution >= 0.6 is 11.3 Å². The fraction of sp³-hybridized carbons (Fsp3) is 0.231. The van der Waals surface area contributed by atoms with Crippen molar-refractivity contribution in [3.63, 3.8) is 0 Å². The highest BCUT2D eigenvalue weighted by Crippen LogP contribution is 2.29. The van der Waals surface area contributed by atoms with E-state index in [0.29, 0.717) is 0 Å². The SMILES string of the molecule is Cc1ccc(C(NN)c2cc(F)ccc2C)s1. The number of hydrazine groups is 1. The van der Waals surface area contributed by atoms with Gasteiger partial charge in [0.25, 0.3) is 0 Å². The van der Waals surface area contributed by atoms with Gasteiger partial charge in [0, 0.05) is 9.75 Å². The number of nitrogens with two attached hydrogens (primary N) is 1. The van der Waals surface area contributed by atoms with Crippen LogP contribution in [0.2, 0.25) is 0 Å². The van der Waals surface area contributed by atoms with Gasteiger partial charge in [-0.2, -0.15) is 0 Å². The van der Waals surface area contributed by atoms with Crippen LogP contribution in [-0.4, -0.2) is 0 Å². The number of nitrogens with one attached hydrogen (secondary N) is 1. The van der Waals surface area contributed by atoms with E-state index in [0.717, 1.165) is 16.0 Å². The highest BCUT2D eigenvalue weighted by atomic mass is 32.1. The molecule has 0 aliphatic heterocycles. The molecule has 0 saturated carbocycles. The molecule has 90 valence electrons. The molecule has 0 fully saturated rings. The molecule has 0 aliphatic carbocycles. The summed E-state index contributed by atoms with van der Waals surface area (Å²) in [6.07, 6.45) is 0. The molecule has 0 spiro atoms. The van der Waals surface area contributed by atoms with Crippen molar-refractivity contribution in [3.05, 3.63) is 57.0 Å². The van der Waals surface area contributed by atoms with Crippen molar-refractivity contribution in [1.82, 2.24) is 5.43 Å². The maximum Gasteiger partial charge on any atom is 0.123 e. The summed E-state index contributed by atoms with van der Waals surface area (Å²) in [5.41, 5.74) is 4.67. The second-order valence-electron chi connectivity index (χ2n) is 4.05. The van der Waals surface area contributed by atoms with Gasteiger partial charge in [0.1, 0.15) is 5.82 Å². The lowest BCUT2D eigenvalue weighted by atomic mass is 10.0. The second-order valence-corrected chi connectivity index (χ2v) is 5.37. The summed E-state index contributed by atoms with van der Waals surface area (Å²) in [7, 11) is 0. The van der Waals surface area contributed by atoms with Crippen LogP contribution in [0.25, 0.3) is 0 Å². The zero-order valence-corrected chi connectivity index (χ0v) is 10.6. The Kier molecular flexibility index (Phi) is 3.57. The Morgan fingerprint density at radius 2 is 2.00 bits per heavy atom. The van der Waals surface area contributed by atoms with Crippen LogP contribution in [0.15, 0.2) is 30.3 Å². The van der Waals surface area contributed by atoms with Gasteiger partial charge in [0.2, 0.25) is 0 Å². The predicted molar refractivity (Wildman–Crippen MR) is 69.4 cm³/mol. The topological polar surface area (TPSA) is 38.0 Å². The Balaban J connectivity index is 2.45. The van der Waals surface area contributed by atoms with Gasteiger partial charge in [-0.05, 0) is 49.2 Å². The molecule has 2 rings (SSSR count). The summed E-state index contributed by atoms with van der Waals surface area (Å²) in [5.74, 6) is 5.36. The molecule has 0 bridgehead atoms. The minimum Gasteiger partial charge on any atom is -0.271 e. The average molecular weight is 250 g/mol. The largest absolute Gasteiger partial charge is 0.271 e. The van der Waals surface area contributed by atoms with E-state index in [-0.39, 0.29) is 11.9 Å². The van der Waals surface area contributed by atoms with Gasteiger partial charge in [-0.1, -0.05) is 6.07 Å². The number of halogens is 1. The molecule has 1 unspecified atom stereocenters. The lowest BCUT2D eigenvalue weighted by molar-refractivity contribution is 0.606. The van der Waals surface area contributed by atoms with E-state index in [1.54, 1.807) is 17.4 Å². The standard InChI is InChI=1S/C13H15FN2S/c1-8-3-5-10(14)7-11(8)13(16-15)12-6-4-9(2)17-12/h3-7,13,16H,15H2,1-2H3. The number of benzene rings is 1. The molecular weight excluding hydrogens is 235 g/mol. The maximum absolute atomic E-state index is 13.3. The first-order valence-electron chi connectivity index (χ1n) is 5.40. The van der Waals surface area contributed by atoms with Crippen LogP contribution in [0.3, 0.4) is 0 Å². The van der Waals surface area contributed by atoms with Gasteiger partial charge in [-0.3, -0.25) is 5.84 Å². The fourth-order valence-corrected chi connectivity index (χ4v) is 2.81. The Morgan fingerprint density at radius 1 is 1.24 bits per heavy atom. The molecule has 17 heavy (non-hydrogen) atoms. The summed E-state index contributed by atoms with van der Waals surface area (Å²) in [6.45, 7) is 4.00. The molecule has 2 nitrogen and oxygen atoms in total. The average Bonchev–Trinajstić information content (AvgIpc) is 2.71. The summed E-state index contributed by atoms with van der Waals surface area (Å²) >= 11 is 1.66. The molecular formula is C13H15FN2S. The Bertz CT molecular complexity index is 522. The van der Waals surface area contributed by atoms with Crippen LogP contribution in [0.4, 0.5) is 4.39 Å². The molecule has 1 heterocycles. The van der Waals surface area contributed by atoms with Gasteiger partial charge in [0.05, 0.1) is 6.04 Å². The number of hydrogen-bond acceptors (Lipinski definition) is 3. The van der Waals surface area contributed by atoms with Crippen molar-refractivity contribution in [2.24, 2.45) is 5.84 Å². The molecule has 1 aromatic carbocycles. The van der Waals surface area contributed by atoms with E-state index in [9.17, 15) is 4.39 Å². The number of aryl methyl sites for hydroxylation is 2. The van der Waals surface area contributed by atoms with Crippen molar-refractivity contribution in [1.29, 1.82) is 0 Å². The fourth-order valence-electron chi connectivity index (χ4n) is 1.86. The molecule has 0 amide bonds. The van der Waals surface area contributed by atoms with E-state index in [4.69, 9.17) is 5.84 Å². The molecule has 0 aliphatic rings. The number of rotatable bonds is 3. The molecule has 1 aromatic heterocycles. The minimum atomic E-state index is -0.237. The van der Waals surface area contributed by atoms with Gasteiger partial charge in [-0.25, -0.2) is 9.82 Å². The Hall–Kier alpha value is -1.23. The van der Waals surface area contributed by atoms with E-state index >= 15 is 0 Å². The monoisotopic (exact) mass is 250 g/mol. The highest BCUT2D eigenvalue weighted by Gasteiger charge is 2.16. The van der Waals surface area contributed by atoms with Crippen LogP contribution in [0.5, 0.6) is 0 Å². The van der Waals surface area contributed by atoms with E-state index in [2.05, 4.69) is 5.43 Å². The zero-order valence-electron chi connectivity index (χ0n) is 9.83. The zero-order chi connectivity index (χ0) is 12.4. The van der Waals surface area contributed by atoms with Crippen molar-refractivity contribution >= 4 is 11.3 Å². The summed E-state index contributed by atoms with van der Waals surface area (Å²) in [5, 5.41) is 0. The van der Waals surface area contributed by atoms with Crippen LogP contribution in [-0.2, 0) is 0 Å². The van der Waals surface area contributed by atoms with Gasteiger partial charge in [-0.15, -0.1) is 11.3 Å². The lowest BCUT2D eigenvalue weighted by Gasteiger charge is -2.17. The summed E-state index contributed by atoms with van der Waals surface area (Å²) < 4.78 is 13.3. The van der Waals surface area contributed by atoms with Crippen LogP contribution in [0, 0.1) is 19.7 Å². The molecule has 0 saturated heterocycles. The first kappa shape index (κ1) is 12.2. The smallest absolute Gasteiger partial charge is 0.123 e. The third-order valence-corrected chi connectivity index (χ3v) is 3.83. The minimum absolute atomic E-state index is 0.149. The van der Waals surface area contributed by atoms with E-state index in [1.807, 2.05) is 26.0 Å². The van der Waals surface area contributed by atoms with Crippen molar-refractivity contribution < 1.29 is 4.39 Å². The van der Waals surface area contributed by atoms with E-state index < -0.39 is 0 Å². The molecule has 4 heteroatoms. The van der Waals surface area contributed by atoms with Gasteiger partial charge in [0.15, 0.2) is 0 Å². The molecule has 2 aromatic rings. The number of hydrogen-bond donors (Lipinski definition) is 2. The lowest BCUT2D eigenvalue weighted by Crippen LogP contribution is -2.28. The summed E-state index contributed by atoms with van der Waals surface area (Å²) in [6, 6.07) is 8.69. The summed E-state index contributed by atoms with van der Waals surface area (Å²) in [4.78, 5) is 2.31. The van der Waals surface area contributed by atoms with Crippen LogP contribution < -0.4 is 11.3 Å². The number of thiophene rings is 1. The molecule has 3 N–H and O–H groups in total. The van der Waals surface area contributed by atoms with Gasteiger partial charge < -0.3 is 0 Å². The Labute approximate surface area is 104 Å². The van der Waals surface area contributed by atoms with Crippen molar-refractivity contribution in [2.75, 3.05) is 0 Å². The first-order valence-corrected chi connectivity index (χ1v) is 6.22. The third kappa shape index (κ3) is 2.54. The normalized spacial score (nSPS) is 12.7. The van der Waals surface area contributed by atoms with Gasteiger partial charge >= 0.3 is 0 Å². The molecule has 0 radical (unpaired) electrons. The second kappa shape index (κ2) is 4.96. The van der Waals surface area contributed by atoms with E-state index in [1.165, 1.54) is 17.0 Å². The van der Waals surface area contributed by atoms with Crippen molar-refractivity contribution in [3.8, 4) is 0 Å². The van der Waals surface area contributed by atoms with Crippen molar-refractivity contribution in [2.45, 2.75) is 19.9 Å². The predicted octanol–water partition coefficient (Wildman–Crippen LogP) is 3.06. The molecule has 1 atom stereocenters. The first-order chi connectivity index (χ1) is 8.11.